The Hall–Kier alpha value is -1.17. The normalized spacial score (nSPS) is 12.3. The van der Waals surface area contributed by atoms with E-state index in [0.717, 1.165) is 38.6 Å². The van der Waals surface area contributed by atoms with Crippen LogP contribution in [0.1, 0.15) is 52.4 Å². The van der Waals surface area contributed by atoms with Crippen molar-refractivity contribution in [1.82, 2.24) is 26.4 Å². The fourth-order valence-electron chi connectivity index (χ4n) is 2.90. The third kappa shape index (κ3) is 20.5. The zero-order valence-corrected chi connectivity index (χ0v) is 20.2. The van der Waals surface area contributed by atoms with Crippen LogP contribution < -0.4 is 32.1 Å². The minimum atomic E-state index is -0.671. The highest BCUT2D eigenvalue weighted by molar-refractivity contribution is 6.46. The summed E-state index contributed by atoms with van der Waals surface area (Å²) >= 11 is 0. The van der Waals surface area contributed by atoms with E-state index in [-0.39, 0.29) is 23.9 Å². The van der Waals surface area contributed by atoms with Crippen LogP contribution in [0.2, 0.25) is 13.6 Å². The average molecular weight is 444 g/mol. The van der Waals surface area contributed by atoms with E-state index in [1.54, 1.807) is 13.6 Å². The van der Waals surface area contributed by atoms with Crippen molar-refractivity contribution >= 4 is 25.9 Å². The van der Waals surface area contributed by atoms with Crippen molar-refractivity contribution < 1.29 is 19.6 Å². The lowest BCUT2D eigenvalue weighted by Crippen LogP contribution is -2.49. The molecule has 2 amide bonds. The van der Waals surface area contributed by atoms with Gasteiger partial charge < -0.3 is 42.2 Å². The van der Waals surface area contributed by atoms with Gasteiger partial charge in [-0.05, 0) is 73.3 Å². The summed E-state index contributed by atoms with van der Waals surface area (Å²) in [6, 6.07) is -0.617. The Bertz CT molecular complexity index is 448. The second-order valence-corrected chi connectivity index (χ2v) is 7.46. The van der Waals surface area contributed by atoms with Gasteiger partial charge in [0, 0.05) is 13.1 Å². The number of carbonyl (C=O) groups is 2. The zero-order chi connectivity index (χ0) is 24.1. The maximum atomic E-state index is 11.6. The van der Waals surface area contributed by atoms with Gasteiger partial charge in [-0.1, -0.05) is 12.8 Å². The quantitative estimate of drug-likeness (QED) is 0.104. The Kier molecular flexibility index (Phi) is 22.8. The maximum Gasteiger partial charge on any atom is 0.374 e. The highest BCUT2D eigenvalue weighted by Gasteiger charge is 2.20. The van der Waals surface area contributed by atoms with E-state index < -0.39 is 14.1 Å². The molecule has 31 heavy (non-hydrogen) atoms. The van der Waals surface area contributed by atoms with Crippen LogP contribution in [0, 0.1) is 0 Å². The van der Waals surface area contributed by atoms with Crippen LogP contribution in [0.15, 0.2) is 0 Å². The first-order valence-corrected chi connectivity index (χ1v) is 11.5. The second-order valence-electron chi connectivity index (χ2n) is 7.46. The molecule has 0 aromatic heterocycles. The average Bonchev–Trinajstić information content (AvgIpc) is 2.70. The van der Waals surface area contributed by atoms with E-state index in [2.05, 4.69) is 26.4 Å². The summed E-state index contributed by atoms with van der Waals surface area (Å²) in [5, 5.41) is 32.7. The molecule has 10 nitrogen and oxygen atoms in total. The molecule has 0 saturated carbocycles. The van der Waals surface area contributed by atoms with Gasteiger partial charge >= 0.3 is 14.1 Å². The Morgan fingerprint density at radius 2 is 1.26 bits per heavy atom. The van der Waals surface area contributed by atoms with E-state index in [9.17, 15) is 19.6 Å². The number of carbonyl (C=O) groups excluding carboxylic acids is 2. The molecule has 0 saturated heterocycles. The summed E-state index contributed by atoms with van der Waals surface area (Å²) in [5.41, 5.74) is 5.38. The van der Waals surface area contributed by atoms with Crippen LogP contribution in [0.3, 0.4) is 0 Å². The molecule has 0 aliphatic heterocycles. The van der Waals surface area contributed by atoms with Crippen molar-refractivity contribution in [1.29, 1.82) is 0 Å². The van der Waals surface area contributed by atoms with E-state index in [4.69, 9.17) is 5.73 Å². The minimum Gasteiger partial charge on any atom is -0.437 e. The second kappa shape index (κ2) is 22.0. The Morgan fingerprint density at radius 3 is 1.58 bits per heavy atom. The summed E-state index contributed by atoms with van der Waals surface area (Å²) in [6.07, 6.45) is 5.23. The lowest BCUT2D eigenvalue weighted by atomic mass is 9.86. The first kappa shape index (κ1) is 32.0. The number of likely N-dealkylation sites (N-methyl/N-ethyl adjacent to an activating group) is 2. The highest BCUT2D eigenvalue weighted by atomic mass is 16.2. The molecule has 0 aliphatic rings. The topological polar surface area (TPSA) is 161 Å². The maximum absolute atomic E-state index is 11.6. The standard InChI is InChI=1S/C10H24BN3O2.C9H22BN3O2/c1-4-13-10(15)9(14-11(2)16)7-5-6-8-12-3;1-3-12-9(14)8(13-10(2)15)6-4-5-7-11/h9,12,14,16H,4-8H2,1-3H3,(H,13,15);8,13,15H,3-7,11H2,1-2H3,(H,12,14). The zero-order valence-electron chi connectivity index (χ0n) is 20.2. The van der Waals surface area contributed by atoms with Crippen molar-refractivity contribution in [3.8, 4) is 0 Å². The lowest BCUT2D eigenvalue weighted by molar-refractivity contribution is -0.123. The van der Waals surface area contributed by atoms with Gasteiger partial charge in [0.1, 0.15) is 0 Å². The Balaban J connectivity index is 0. The molecule has 0 aromatic carbocycles. The minimum absolute atomic E-state index is 0.0344. The van der Waals surface area contributed by atoms with E-state index >= 15 is 0 Å². The number of unbranched alkanes of at least 4 members (excludes halogenated alkanes) is 2. The Morgan fingerprint density at radius 1 is 0.839 bits per heavy atom. The molecule has 0 spiro atoms. The van der Waals surface area contributed by atoms with E-state index in [0.29, 0.717) is 26.1 Å². The third-order valence-electron chi connectivity index (χ3n) is 4.34. The van der Waals surface area contributed by atoms with Crippen LogP contribution in [0.25, 0.3) is 0 Å². The van der Waals surface area contributed by atoms with Crippen LogP contribution >= 0.6 is 0 Å². The van der Waals surface area contributed by atoms with Gasteiger partial charge in [-0.25, -0.2) is 0 Å². The number of rotatable bonds is 17. The predicted molar refractivity (Wildman–Crippen MR) is 130 cm³/mol. The molecule has 0 radical (unpaired) electrons. The van der Waals surface area contributed by atoms with Crippen molar-refractivity contribution in [2.24, 2.45) is 5.73 Å². The van der Waals surface area contributed by atoms with Crippen molar-refractivity contribution in [2.75, 3.05) is 33.2 Å². The number of hydrogen-bond donors (Lipinski definition) is 8. The van der Waals surface area contributed by atoms with Crippen molar-refractivity contribution in [3.05, 3.63) is 0 Å². The van der Waals surface area contributed by atoms with E-state index in [1.807, 2.05) is 20.9 Å². The van der Waals surface area contributed by atoms with Gasteiger partial charge in [0.2, 0.25) is 11.8 Å². The SMILES string of the molecule is CCNC(=O)C(CCCCN)NB(C)O.CCNC(=O)C(CCCCNC)NB(C)O. The third-order valence-corrected chi connectivity index (χ3v) is 4.34. The molecule has 9 N–H and O–H groups in total. The summed E-state index contributed by atoms with van der Waals surface area (Å²) in [5.74, 6) is -0.0942. The van der Waals surface area contributed by atoms with Crippen LogP contribution in [-0.4, -0.2) is 81.3 Å². The smallest absolute Gasteiger partial charge is 0.374 e. The van der Waals surface area contributed by atoms with Crippen LogP contribution in [-0.2, 0) is 9.59 Å². The molecule has 0 bridgehead atoms. The van der Waals surface area contributed by atoms with Gasteiger partial charge in [-0.3, -0.25) is 9.59 Å². The van der Waals surface area contributed by atoms with Crippen LogP contribution in [0.5, 0.6) is 0 Å². The molecule has 0 rings (SSSR count). The molecule has 0 fully saturated rings. The summed E-state index contributed by atoms with van der Waals surface area (Å²) in [7, 11) is 0.586. The van der Waals surface area contributed by atoms with Crippen LogP contribution in [0.4, 0.5) is 0 Å². The van der Waals surface area contributed by atoms with Gasteiger partial charge in [0.25, 0.3) is 0 Å². The lowest BCUT2D eigenvalue weighted by Gasteiger charge is -2.18. The molecule has 12 heteroatoms. The van der Waals surface area contributed by atoms with Gasteiger partial charge in [0.15, 0.2) is 0 Å². The molecule has 182 valence electrons. The monoisotopic (exact) mass is 444 g/mol. The first-order valence-electron chi connectivity index (χ1n) is 11.5. The van der Waals surface area contributed by atoms with Gasteiger partial charge in [-0.15, -0.1) is 0 Å². The Labute approximate surface area is 189 Å². The van der Waals surface area contributed by atoms with Gasteiger partial charge in [-0.2, -0.15) is 0 Å². The number of hydrogen-bond acceptors (Lipinski definition) is 8. The fraction of sp³-hybridized carbons (Fsp3) is 0.895. The molecule has 2 unspecified atom stereocenters. The number of amides is 2. The fourth-order valence-corrected chi connectivity index (χ4v) is 2.90. The van der Waals surface area contributed by atoms with Crippen molar-refractivity contribution in [3.63, 3.8) is 0 Å². The largest absolute Gasteiger partial charge is 0.437 e. The predicted octanol–water partition coefficient (Wildman–Crippen LogP) is -1.10. The van der Waals surface area contributed by atoms with E-state index in [1.165, 1.54) is 0 Å². The first-order chi connectivity index (χ1) is 14.7. The number of nitrogens with one attached hydrogen (secondary N) is 5. The molecular formula is C19H46B2N6O4. The highest BCUT2D eigenvalue weighted by Crippen LogP contribution is 2.02. The molecule has 0 heterocycles. The molecule has 2 atom stereocenters. The molecule has 0 aromatic rings. The summed E-state index contributed by atoms with van der Waals surface area (Å²) in [6.45, 7) is 9.80. The van der Waals surface area contributed by atoms with Crippen molar-refractivity contribution in [2.45, 2.75) is 78.1 Å². The summed E-state index contributed by atoms with van der Waals surface area (Å²) < 4.78 is 0. The summed E-state index contributed by atoms with van der Waals surface area (Å²) in [4.78, 5) is 23.2. The number of nitrogens with two attached hydrogens (primary N) is 1. The molecule has 0 aliphatic carbocycles. The van der Waals surface area contributed by atoms with Gasteiger partial charge in [0.05, 0.1) is 12.1 Å². The molecular weight excluding hydrogens is 398 g/mol.